The Morgan fingerprint density at radius 1 is 0.917 bits per heavy atom. The Kier molecular flexibility index (Phi) is 11.3. The largest absolute Gasteiger partial charge is 0.423 e. The third kappa shape index (κ3) is 10.2. The van der Waals surface area contributed by atoms with E-state index in [9.17, 15) is 36.0 Å². The van der Waals surface area contributed by atoms with Crippen molar-refractivity contribution in [3.8, 4) is 0 Å². The number of nitrogens with zero attached hydrogens (tertiary/aromatic N) is 3. The Labute approximate surface area is 206 Å². The second-order valence-corrected chi connectivity index (χ2v) is 9.18. The molecule has 0 radical (unpaired) electrons. The molecule has 0 unspecified atom stereocenters. The van der Waals surface area contributed by atoms with E-state index >= 15 is 0 Å². The first-order valence-electron chi connectivity index (χ1n) is 12.4. The zero-order valence-electron chi connectivity index (χ0n) is 20.2. The number of likely N-dealkylation sites (tertiary alicyclic amines) is 1. The summed E-state index contributed by atoms with van der Waals surface area (Å²) < 4.78 is 79.0. The van der Waals surface area contributed by atoms with Crippen LogP contribution >= 0.6 is 0 Å². The van der Waals surface area contributed by atoms with Gasteiger partial charge in [0, 0.05) is 37.8 Å². The van der Waals surface area contributed by atoms with E-state index in [0.29, 0.717) is 31.4 Å². The number of halogens is 6. The van der Waals surface area contributed by atoms with Gasteiger partial charge in [0.25, 0.3) is 4.92 Å². The SMILES string of the molecule is O=C(CCCCCCCCCN(CC(F)(F)F)c1ccc([N+](=O)O)c(C(F)(F)F)c1)N1CCCCC1. The maximum Gasteiger partial charge on any atom is 0.423 e. The van der Waals surface area contributed by atoms with E-state index in [2.05, 4.69) is 0 Å². The Balaban J connectivity index is 1.79. The van der Waals surface area contributed by atoms with E-state index in [1.54, 1.807) is 0 Å². The summed E-state index contributed by atoms with van der Waals surface area (Å²) >= 11 is 0. The number of amides is 1. The molecule has 1 fully saturated rings. The van der Waals surface area contributed by atoms with Crippen LogP contribution in [0.15, 0.2) is 18.2 Å². The molecule has 0 spiro atoms. The molecule has 0 aromatic heterocycles. The van der Waals surface area contributed by atoms with Crippen LogP contribution in [-0.4, -0.2) is 53.3 Å². The molecule has 1 saturated heterocycles. The molecule has 12 heteroatoms. The first kappa shape index (κ1) is 29.7. The number of hydrogen-bond donors (Lipinski definition) is 1. The van der Waals surface area contributed by atoms with Gasteiger partial charge in [-0.05, 0) is 44.2 Å². The summed E-state index contributed by atoms with van der Waals surface area (Å²) in [6.45, 7) is 0.129. The smallest absolute Gasteiger partial charge is 0.363 e. The minimum atomic E-state index is -5.03. The first-order chi connectivity index (χ1) is 16.9. The van der Waals surface area contributed by atoms with Crippen LogP contribution in [0.2, 0.25) is 0 Å². The van der Waals surface area contributed by atoms with Crippen LogP contribution in [0.3, 0.4) is 0 Å². The average molecular weight is 527 g/mol. The summed E-state index contributed by atoms with van der Waals surface area (Å²) in [6, 6.07) is 2.07. The normalized spacial score (nSPS) is 14.7. The molecular formula is C24H34F6N3O3+. The van der Waals surface area contributed by atoms with Gasteiger partial charge in [0.05, 0.1) is 4.91 Å². The topological polar surface area (TPSA) is 63.9 Å². The Bertz CT molecular complexity index is 854. The van der Waals surface area contributed by atoms with Crippen LogP contribution in [0.4, 0.5) is 37.7 Å². The van der Waals surface area contributed by atoms with E-state index in [4.69, 9.17) is 5.21 Å². The number of carbonyl (C=O) groups is 1. The van der Waals surface area contributed by atoms with Crippen molar-refractivity contribution < 1.29 is 41.3 Å². The minimum Gasteiger partial charge on any atom is -0.363 e. The van der Waals surface area contributed by atoms with Crippen LogP contribution in [0, 0.1) is 4.91 Å². The lowest BCUT2D eigenvalue weighted by Crippen LogP contribution is -2.35. The van der Waals surface area contributed by atoms with E-state index in [0.717, 1.165) is 69.0 Å². The highest BCUT2D eigenvalue weighted by molar-refractivity contribution is 5.76. The Morgan fingerprint density at radius 2 is 1.50 bits per heavy atom. The molecule has 1 aromatic rings. The zero-order valence-corrected chi connectivity index (χ0v) is 20.2. The van der Waals surface area contributed by atoms with Crippen molar-refractivity contribution in [1.82, 2.24) is 4.90 Å². The van der Waals surface area contributed by atoms with Gasteiger partial charge in [0.15, 0.2) is 0 Å². The molecule has 0 saturated carbocycles. The molecule has 6 nitrogen and oxygen atoms in total. The second kappa shape index (κ2) is 13.7. The molecule has 0 atom stereocenters. The number of alkyl halides is 6. The number of carbonyl (C=O) groups excluding carboxylic acids is 1. The minimum absolute atomic E-state index is 0.110. The van der Waals surface area contributed by atoms with Gasteiger partial charge in [-0.2, -0.15) is 26.3 Å². The number of unbranched alkanes of at least 4 members (excludes halogenated alkanes) is 6. The van der Waals surface area contributed by atoms with Crippen LogP contribution in [-0.2, 0) is 11.0 Å². The van der Waals surface area contributed by atoms with Gasteiger partial charge in [-0.1, -0.05) is 32.1 Å². The highest BCUT2D eigenvalue weighted by Crippen LogP contribution is 2.38. The van der Waals surface area contributed by atoms with E-state index < -0.39 is 35.1 Å². The number of hydrogen-bond acceptors (Lipinski definition) is 3. The van der Waals surface area contributed by atoms with E-state index in [1.807, 2.05) is 4.90 Å². The van der Waals surface area contributed by atoms with Gasteiger partial charge in [0.2, 0.25) is 5.91 Å². The molecule has 1 aliphatic heterocycles. The molecule has 0 aliphatic carbocycles. The van der Waals surface area contributed by atoms with Crippen molar-refractivity contribution >= 4 is 17.3 Å². The predicted molar refractivity (Wildman–Crippen MR) is 122 cm³/mol. The highest BCUT2D eigenvalue weighted by atomic mass is 19.4. The van der Waals surface area contributed by atoms with Gasteiger partial charge < -0.3 is 9.80 Å². The first-order valence-corrected chi connectivity index (χ1v) is 12.4. The molecule has 1 aromatic carbocycles. The maximum absolute atomic E-state index is 13.3. The molecule has 1 heterocycles. The van der Waals surface area contributed by atoms with Gasteiger partial charge in [-0.3, -0.25) is 4.79 Å². The summed E-state index contributed by atoms with van der Waals surface area (Å²) in [5.41, 5.74) is -2.93. The summed E-state index contributed by atoms with van der Waals surface area (Å²) in [4.78, 5) is 24.9. The summed E-state index contributed by atoms with van der Waals surface area (Å²) in [6.07, 6.45) is -0.654. The van der Waals surface area contributed by atoms with E-state index in [1.165, 1.54) is 6.42 Å². The standard InChI is InChI=1S/C24H34F6N3O3/c25-23(26,27)18-32(19-12-13-21(33(35)36)20(17-19)24(28,29)30)16-8-5-3-1-2-4-7-11-22(34)31-14-9-6-10-15-31/h12-13,17H,1-11,14-16,18H2,(H,35,36)/q+1. The highest BCUT2D eigenvalue weighted by Gasteiger charge is 2.41. The van der Waals surface area contributed by atoms with Crippen LogP contribution < -0.4 is 4.90 Å². The van der Waals surface area contributed by atoms with Gasteiger partial charge in [-0.15, -0.1) is 0 Å². The number of benzene rings is 1. The van der Waals surface area contributed by atoms with Gasteiger partial charge in [0.1, 0.15) is 12.1 Å². The quantitative estimate of drug-likeness (QED) is 0.171. The molecule has 36 heavy (non-hydrogen) atoms. The lowest BCUT2D eigenvalue weighted by molar-refractivity contribution is -0.730. The second-order valence-electron chi connectivity index (χ2n) is 9.18. The van der Waals surface area contributed by atoms with Crippen molar-refractivity contribution in [3.63, 3.8) is 0 Å². The summed E-state index contributed by atoms with van der Waals surface area (Å²) in [5, 5.41) is 8.91. The third-order valence-electron chi connectivity index (χ3n) is 6.25. The molecule has 204 valence electrons. The molecular weight excluding hydrogens is 492 g/mol. The monoisotopic (exact) mass is 526 g/mol. The summed E-state index contributed by atoms with van der Waals surface area (Å²) in [5.74, 6) is 0.197. The van der Waals surface area contributed by atoms with Crippen LogP contribution in [0.5, 0.6) is 0 Å². The van der Waals surface area contributed by atoms with E-state index in [-0.39, 0.29) is 18.1 Å². The predicted octanol–water partition coefficient (Wildman–Crippen LogP) is 7.01. The molecule has 0 bridgehead atoms. The lowest BCUT2D eigenvalue weighted by Gasteiger charge is -2.26. The van der Waals surface area contributed by atoms with Crippen LogP contribution in [0.25, 0.3) is 0 Å². The Morgan fingerprint density at radius 3 is 2.06 bits per heavy atom. The molecule has 1 N–H and O–H groups in total. The van der Waals surface area contributed by atoms with Crippen molar-refractivity contribution in [2.24, 2.45) is 0 Å². The fourth-order valence-electron chi connectivity index (χ4n) is 4.39. The summed E-state index contributed by atoms with van der Waals surface area (Å²) in [7, 11) is 0. The molecule has 1 amide bonds. The van der Waals surface area contributed by atoms with Crippen molar-refractivity contribution in [2.45, 2.75) is 83.0 Å². The third-order valence-corrected chi connectivity index (χ3v) is 6.25. The molecule has 2 rings (SSSR count). The van der Waals surface area contributed by atoms with Crippen LogP contribution in [0.1, 0.15) is 76.2 Å². The fourth-order valence-corrected chi connectivity index (χ4v) is 4.39. The van der Waals surface area contributed by atoms with Crippen molar-refractivity contribution in [2.75, 3.05) is 31.1 Å². The molecule has 1 aliphatic rings. The van der Waals surface area contributed by atoms with Gasteiger partial charge >= 0.3 is 18.0 Å². The lowest BCUT2D eigenvalue weighted by atomic mass is 10.1. The average Bonchev–Trinajstić information content (AvgIpc) is 2.81. The number of anilines is 1. The van der Waals surface area contributed by atoms with Gasteiger partial charge in [-0.25, -0.2) is 5.21 Å². The fraction of sp³-hybridized carbons (Fsp3) is 0.708. The Hall–Kier alpha value is -2.53. The zero-order chi connectivity index (χ0) is 26.8. The maximum atomic E-state index is 13.3. The number of rotatable bonds is 13. The number of piperidine rings is 1. The van der Waals surface area contributed by atoms with Crippen molar-refractivity contribution in [1.29, 1.82) is 0 Å². The van der Waals surface area contributed by atoms with Crippen molar-refractivity contribution in [3.05, 3.63) is 28.7 Å².